The van der Waals surface area contributed by atoms with Crippen LogP contribution in [0.25, 0.3) is 110 Å². The number of allylic oxidation sites excluding steroid dienone is 8. The Morgan fingerprint density at radius 2 is 0.862 bits per heavy atom. The van der Waals surface area contributed by atoms with E-state index >= 15 is 0 Å². The van der Waals surface area contributed by atoms with E-state index in [4.69, 9.17) is 4.42 Å². The van der Waals surface area contributed by atoms with E-state index in [-0.39, 0.29) is 0 Å². The number of rotatable bonds is 6. The van der Waals surface area contributed by atoms with Crippen LogP contribution in [0.1, 0.15) is 17.5 Å². The highest BCUT2D eigenvalue weighted by Crippen LogP contribution is 2.50. The second-order valence-electron chi connectivity index (χ2n) is 17.5. The molecule has 1 heterocycles. The highest BCUT2D eigenvalue weighted by molar-refractivity contribution is 6.29. The molecule has 0 fully saturated rings. The van der Waals surface area contributed by atoms with Gasteiger partial charge in [-0.25, -0.2) is 0 Å². The fourth-order valence-corrected chi connectivity index (χ4v) is 10.8. The van der Waals surface area contributed by atoms with Crippen LogP contribution in [-0.4, -0.2) is 0 Å². The monoisotopic (exact) mass is 826 g/mol. The molecule has 13 rings (SSSR count). The van der Waals surface area contributed by atoms with Gasteiger partial charge in [-0.15, -0.1) is 0 Å². The van der Waals surface area contributed by atoms with Crippen molar-refractivity contribution >= 4 is 65.4 Å². The third-order valence-electron chi connectivity index (χ3n) is 13.8. The molecule has 65 heavy (non-hydrogen) atoms. The Balaban J connectivity index is 1.17. The summed E-state index contributed by atoms with van der Waals surface area (Å²) >= 11 is 0. The van der Waals surface area contributed by atoms with E-state index < -0.39 is 0 Å². The molecule has 0 saturated carbocycles. The Kier molecular flexibility index (Phi) is 8.74. The third kappa shape index (κ3) is 6.15. The van der Waals surface area contributed by atoms with Crippen molar-refractivity contribution in [3.8, 4) is 44.5 Å². The maximum atomic E-state index is 7.74. The second kappa shape index (κ2) is 15.2. The first-order valence-corrected chi connectivity index (χ1v) is 22.7. The summed E-state index contributed by atoms with van der Waals surface area (Å²) in [6.07, 6.45) is 12.7. The minimum Gasteiger partial charge on any atom is -0.455 e. The van der Waals surface area contributed by atoms with Crippen LogP contribution in [0.4, 0.5) is 0 Å². The van der Waals surface area contributed by atoms with Gasteiger partial charge in [0.05, 0.1) is 0 Å². The summed E-state index contributed by atoms with van der Waals surface area (Å²) in [4.78, 5) is 0. The summed E-state index contributed by atoms with van der Waals surface area (Å²) in [7, 11) is 0. The van der Waals surface area contributed by atoms with Gasteiger partial charge < -0.3 is 4.42 Å². The maximum absolute atomic E-state index is 7.74. The van der Waals surface area contributed by atoms with E-state index in [0.717, 1.165) is 56.0 Å². The number of benzene rings is 10. The van der Waals surface area contributed by atoms with Gasteiger partial charge in [-0.1, -0.05) is 206 Å². The van der Waals surface area contributed by atoms with Crippen molar-refractivity contribution in [1.82, 2.24) is 0 Å². The van der Waals surface area contributed by atoms with Crippen molar-refractivity contribution in [2.75, 3.05) is 0 Å². The van der Waals surface area contributed by atoms with Crippen molar-refractivity contribution in [2.24, 2.45) is 5.92 Å². The third-order valence-corrected chi connectivity index (χ3v) is 13.8. The summed E-state index contributed by atoms with van der Waals surface area (Å²) < 4.78 is 7.74. The van der Waals surface area contributed by atoms with E-state index in [9.17, 15) is 0 Å². The standard InChI is InChI=1S/C64H42O/c1-5-19-41(20-6-1)55-37-47(35-45-27-13-15-29-49(45)55)57-39-59(43-23-9-3-10-24-43)63-61-51(31-17-33-53(57)61)52-32-18-34-54-58(40-60(64(65-63)62(52)54)44-25-11-4-12-26-44)48-36-46-28-14-16-30-50(46)56(38-48)42-21-7-2-8-22-42/h1-29,31-40,50H,30H2. The summed E-state index contributed by atoms with van der Waals surface area (Å²) in [5, 5.41) is 9.36. The van der Waals surface area contributed by atoms with Gasteiger partial charge in [0.25, 0.3) is 0 Å². The van der Waals surface area contributed by atoms with Gasteiger partial charge in [0, 0.05) is 27.8 Å². The minimum atomic E-state index is 0.315. The number of fused-ring (bicyclic) bond motifs is 3. The highest BCUT2D eigenvalue weighted by atomic mass is 16.3. The van der Waals surface area contributed by atoms with Gasteiger partial charge in [-0.2, -0.15) is 0 Å². The summed E-state index contributed by atoms with van der Waals surface area (Å²) in [5.41, 5.74) is 17.3. The highest BCUT2D eigenvalue weighted by Gasteiger charge is 2.27. The molecule has 0 aliphatic heterocycles. The quantitative estimate of drug-likeness (QED) is 0.163. The molecule has 1 atom stereocenters. The molecule has 304 valence electrons. The van der Waals surface area contributed by atoms with Crippen LogP contribution in [0.3, 0.4) is 0 Å². The van der Waals surface area contributed by atoms with E-state index in [1.807, 2.05) is 0 Å². The van der Waals surface area contributed by atoms with E-state index in [2.05, 4.69) is 237 Å². The van der Waals surface area contributed by atoms with Gasteiger partial charge in [0.2, 0.25) is 0 Å². The molecule has 2 aliphatic carbocycles. The Hall–Kier alpha value is -8.26. The van der Waals surface area contributed by atoms with Gasteiger partial charge in [0.1, 0.15) is 11.2 Å². The van der Waals surface area contributed by atoms with Gasteiger partial charge >= 0.3 is 0 Å². The molecule has 1 nitrogen and oxygen atoms in total. The molecule has 10 aromatic carbocycles. The Morgan fingerprint density at radius 3 is 1.49 bits per heavy atom. The van der Waals surface area contributed by atoms with Crippen molar-refractivity contribution in [3.63, 3.8) is 0 Å². The first-order valence-electron chi connectivity index (χ1n) is 22.7. The smallest absolute Gasteiger partial charge is 0.143 e. The molecule has 0 saturated heterocycles. The second-order valence-corrected chi connectivity index (χ2v) is 17.5. The molecular formula is C64H42O. The summed E-state index contributed by atoms with van der Waals surface area (Å²) in [6, 6.07) is 75.3. The molecule has 1 unspecified atom stereocenters. The van der Waals surface area contributed by atoms with Crippen LogP contribution >= 0.6 is 0 Å². The largest absolute Gasteiger partial charge is 0.455 e. The summed E-state index contributed by atoms with van der Waals surface area (Å²) in [5.74, 6) is 0.315. The van der Waals surface area contributed by atoms with Crippen molar-refractivity contribution in [2.45, 2.75) is 6.42 Å². The van der Waals surface area contributed by atoms with Crippen LogP contribution < -0.4 is 0 Å². The van der Waals surface area contributed by atoms with E-state index in [1.54, 1.807) is 0 Å². The SMILES string of the molecule is C1=CCC2C(=C1)C=C(c1cc(-c3ccccc3)c3oc4c(-c5ccccc5)cc(-c5cc(-c6ccccc6)c6ccccc6c5)c5cccc(c6cccc1c36)c54)C=C2c1ccccc1. The molecule has 0 bridgehead atoms. The van der Waals surface area contributed by atoms with Crippen molar-refractivity contribution in [3.05, 3.63) is 253 Å². The molecule has 0 amide bonds. The lowest BCUT2D eigenvalue weighted by molar-refractivity contribution is 0.666. The predicted molar refractivity (Wildman–Crippen MR) is 276 cm³/mol. The Labute approximate surface area is 378 Å². The minimum absolute atomic E-state index is 0.315. The average Bonchev–Trinajstić information content (AvgIpc) is 3.53. The molecule has 1 aromatic heterocycles. The van der Waals surface area contributed by atoms with E-state index in [1.165, 1.54) is 77.0 Å². The lowest BCUT2D eigenvalue weighted by Crippen LogP contribution is -2.11. The normalized spacial score (nSPS) is 14.8. The van der Waals surface area contributed by atoms with Gasteiger partial charge in [-0.3, -0.25) is 0 Å². The molecular weight excluding hydrogens is 785 g/mol. The molecule has 0 radical (unpaired) electrons. The first-order chi connectivity index (χ1) is 32.2. The van der Waals surface area contributed by atoms with Crippen molar-refractivity contribution in [1.29, 1.82) is 0 Å². The lowest BCUT2D eigenvalue weighted by Gasteiger charge is -2.28. The zero-order valence-corrected chi connectivity index (χ0v) is 35.7. The van der Waals surface area contributed by atoms with E-state index in [0.29, 0.717) is 5.92 Å². The number of hydrogen-bond donors (Lipinski definition) is 0. The molecule has 1 heteroatoms. The zero-order valence-electron chi connectivity index (χ0n) is 35.7. The summed E-state index contributed by atoms with van der Waals surface area (Å²) in [6.45, 7) is 0. The zero-order chi connectivity index (χ0) is 42.8. The van der Waals surface area contributed by atoms with Crippen LogP contribution in [0.5, 0.6) is 0 Å². The number of hydrogen-bond acceptors (Lipinski definition) is 1. The van der Waals surface area contributed by atoms with Crippen LogP contribution in [0.15, 0.2) is 247 Å². The van der Waals surface area contributed by atoms with Crippen LogP contribution in [0, 0.1) is 5.92 Å². The van der Waals surface area contributed by atoms with Crippen LogP contribution in [0.2, 0.25) is 0 Å². The topological polar surface area (TPSA) is 13.1 Å². The first kappa shape index (κ1) is 37.3. The van der Waals surface area contributed by atoms with Crippen molar-refractivity contribution < 1.29 is 4.42 Å². The molecule has 0 spiro atoms. The molecule has 2 aliphatic rings. The molecule has 11 aromatic rings. The van der Waals surface area contributed by atoms with Gasteiger partial charge in [0.15, 0.2) is 0 Å². The fraction of sp³-hybridized carbons (Fsp3) is 0.0312. The Bertz CT molecular complexity index is 3810. The average molecular weight is 827 g/mol. The lowest BCUT2D eigenvalue weighted by atomic mass is 9.75. The molecule has 0 N–H and O–H groups in total. The fourth-order valence-electron chi connectivity index (χ4n) is 10.8. The van der Waals surface area contributed by atoms with Gasteiger partial charge in [-0.05, 0) is 130 Å². The van der Waals surface area contributed by atoms with Crippen LogP contribution in [-0.2, 0) is 0 Å². The predicted octanol–water partition coefficient (Wildman–Crippen LogP) is 17.7. The Morgan fingerprint density at radius 1 is 0.369 bits per heavy atom. The maximum Gasteiger partial charge on any atom is 0.143 e.